The van der Waals surface area contributed by atoms with Crippen molar-refractivity contribution in [2.24, 2.45) is 0 Å². The average Bonchev–Trinajstić information content (AvgIpc) is 3.48. The van der Waals surface area contributed by atoms with Crippen LogP contribution in [0.15, 0.2) is 103 Å². The Morgan fingerprint density at radius 1 is 0.736 bits per heavy atom. The molecule has 1 saturated carbocycles. The third-order valence-electron chi connectivity index (χ3n) is 11.3. The fraction of sp³-hybridized carbons (Fsp3) is 0.304. The molecule has 53 heavy (non-hydrogen) atoms. The lowest BCUT2D eigenvalue weighted by atomic mass is 9.67. The van der Waals surface area contributed by atoms with Gasteiger partial charge < -0.3 is 24.1 Å². The van der Waals surface area contributed by atoms with Gasteiger partial charge in [-0.05, 0) is 70.8 Å². The van der Waals surface area contributed by atoms with Crippen LogP contribution in [0.4, 0.5) is 0 Å². The Balaban J connectivity index is 1.21. The molecule has 1 heterocycles. The van der Waals surface area contributed by atoms with Gasteiger partial charge in [0.15, 0.2) is 5.60 Å². The highest BCUT2D eigenvalue weighted by Crippen LogP contribution is 2.61. The molecule has 1 N–H and O–H groups in total. The zero-order valence-electron chi connectivity index (χ0n) is 30.1. The van der Waals surface area contributed by atoms with E-state index < -0.39 is 17.5 Å². The zero-order valence-corrected chi connectivity index (χ0v) is 30.1. The lowest BCUT2D eigenvalue weighted by Gasteiger charge is -2.40. The quantitative estimate of drug-likeness (QED) is 0.114. The van der Waals surface area contributed by atoms with Gasteiger partial charge >= 0.3 is 11.9 Å². The number of hydrogen-bond donors (Lipinski definition) is 1. The molecule has 0 aromatic heterocycles. The minimum absolute atomic E-state index is 0.0291. The number of carboxylic acids is 1. The van der Waals surface area contributed by atoms with Crippen molar-refractivity contribution in [1.82, 2.24) is 0 Å². The van der Waals surface area contributed by atoms with Gasteiger partial charge in [-0.25, -0.2) is 0 Å². The molecule has 0 amide bonds. The minimum atomic E-state index is -1.03. The fourth-order valence-electron chi connectivity index (χ4n) is 8.86. The lowest BCUT2D eigenvalue weighted by molar-refractivity contribution is -0.148. The van der Waals surface area contributed by atoms with Crippen LogP contribution in [0.3, 0.4) is 0 Å². The van der Waals surface area contributed by atoms with E-state index in [1.54, 1.807) is 7.11 Å². The van der Waals surface area contributed by atoms with Crippen molar-refractivity contribution < 1.29 is 33.6 Å². The number of carboxylic acid groups (broad SMARTS) is 1. The van der Waals surface area contributed by atoms with E-state index in [9.17, 15) is 9.59 Å². The number of benzene rings is 5. The predicted molar refractivity (Wildman–Crippen MR) is 206 cm³/mol. The first kappa shape index (κ1) is 34.5. The van der Waals surface area contributed by atoms with Crippen molar-refractivity contribution in [2.45, 2.75) is 68.8 Å². The molecule has 270 valence electrons. The van der Waals surface area contributed by atoms with E-state index in [-0.39, 0.29) is 31.5 Å². The number of carbonyl (C=O) groups is 2. The van der Waals surface area contributed by atoms with Gasteiger partial charge in [0.2, 0.25) is 0 Å². The van der Waals surface area contributed by atoms with E-state index >= 15 is 0 Å². The molecule has 2 aliphatic carbocycles. The second kappa shape index (κ2) is 14.5. The van der Waals surface area contributed by atoms with Gasteiger partial charge in [0, 0.05) is 27.5 Å². The molecule has 3 aliphatic rings. The van der Waals surface area contributed by atoms with Crippen LogP contribution in [0.2, 0.25) is 0 Å². The number of aliphatic carboxylic acids is 1. The van der Waals surface area contributed by atoms with Crippen LogP contribution >= 0.6 is 0 Å². The number of hydrogen-bond acceptors (Lipinski definition) is 6. The molecule has 5 aromatic carbocycles. The first-order valence-electron chi connectivity index (χ1n) is 18.8. The number of methoxy groups -OCH3 is 1. The molecule has 1 fully saturated rings. The molecule has 0 radical (unpaired) electrons. The smallest absolute Gasteiger partial charge is 0.306 e. The van der Waals surface area contributed by atoms with Gasteiger partial charge in [0.25, 0.3) is 0 Å². The van der Waals surface area contributed by atoms with Crippen molar-refractivity contribution in [1.29, 1.82) is 0 Å². The number of fused-ring (bicyclic) bond motifs is 10. The number of esters is 1. The predicted octanol–water partition coefficient (Wildman–Crippen LogP) is 10.00. The fourth-order valence-corrected chi connectivity index (χ4v) is 8.86. The molecule has 7 nitrogen and oxygen atoms in total. The summed E-state index contributed by atoms with van der Waals surface area (Å²) >= 11 is 0. The summed E-state index contributed by atoms with van der Waals surface area (Å²) in [6.45, 7) is 0.175. The number of ether oxygens (including phenoxy) is 4. The Hall–Kier alpha value is -5.56. The Bertz CT molecular complexity index is 2180. The van der Waals surface area contributed by atoms with E-state index in [1.807, 2.05) is 36.4 Å². The van der Waals surface area contributed by atoms with Crippen LogP contribution in [0.25, 0.3) is 28.0 Å². The van der Waals surface area contributed by atoms with Crippen LogP contribution in [-0.2, 0) is 25.3 Å². The Kier molecular flexibility index (Phi) is 9.42. The zero-order chi connectivity index (χ0) is 36.4. The van der Waals surface area contributed by atoms with Crippen LogP contribution in [0.5, 0.6) is 17.2 Å². The third-order valence-corrected chi connectivity index (χ3v) is 11.3. The summed E-state index contributed by atoms with van der Waals surface area (Å²) < 4.78 is 24.1. The molecule has 7 heteroatoms. The van der Waals surface area contributed by atoms with E-state index in [1.165, 1.54) is 65.3 Å². The topological polar surface area (TPSA) is 91.3 Å². The monoisotopic (exact) mass is 708 g/mol. The molecule has 1 aliphatic heterocycles. The maximum Gasteiger partial charge on any atom is 0.306 e. The van der Waals surface area contributed by atoms with Crippen LogP contribution in [0.1, 0.15) is 85.6 Å². The van der Waals surface area contributed by atoms with Gasteiger partial charge in [-0.2, -0.15) is 0 Å². The van der Waals surface area contributed by atoms with Crippen molar-refractivity contribution in [3.8, 4) is 28.4 Å². The van der Waals surface area contributed by atoms with Crippen molar-refractivity contribution in [3.63, 3.8) is 0 Å². The van der Waals surface area contributed by atoms with Gasteiger partial charge in [-0.1, -0.05) is 111 Å². The largest absolute Gasteiger partial charge is 0.497 e. The summed E-state index contributed by atoms with van der Waals surface area (Å²) in [7, 11) is 1.67. The lowest BCUT2D eigenvalue weighted by Crippen LogP contribution is -2.35. The second-order valence-corrected chi connectivity index (χ2v) is 14.3. The standard InChI is InChI=1S/C46H44O7/c1-50-33-19-15-31(16-20-33)46(32-17-21-34(22-18-32)51-29-30-52-41(49)24-23-40(47)48)28-25-38-43-42(35-11-5-6-12-36(35)44(38)53-46)37-13-7-8-14-39(37)45(43)26-9-3-2-4-10-27-45/h5-8,11-22,25,28H,2-4,9-10,23-24,26-27,29-30H2,1H3,(H,47,48). The second-order valence-electron chi connectivity index (χ2n) is 14.3. The maximum absolute atomic E-state index is 11.8. The van der Waals surface area contributed by atoms with Gasteiger partial charge in [-0.3, -0.25) is 9.59 Å². The van der Waals surface area contributed by atoms with Crippen molar-refractivity contribution in [2.75, 3.05) is 20.3 Å². The summed E-state index contributed by atoms with van der Waals surface area (Å²) in [6, 6.07) is 33.7. The summed E-state index contributed by atoms with van der Waals surface area (Å²) in [4.78, 5) is 22.6. The molecule has 1 unspecified atom stereocenters. The average molecular weight is 709 g/mol. The highest BCUT2D eigenvalue weighted by atomic mass is 16.6. The Labute approximate surface area is 310 Å². The highest BCUT2D eigenvalue weighted by molar-refractivity contribution is 6.08. The van der Waals surface area contributed by atoms with Crippen LogP contribution < -0.4 is 14.2 Å². The molecule has 1 spiro atoms. The molecule has 0 bridgehead atoms. The first-order chi connectivity index (χ1) is 25.9. The summed E-state index contributed by atoms with van der Waals surface area (Å²) in [5.41, 5.74) is 7.65. The number of rotatable bonds is 10. The van der Waals surface area contributed by atoms with E-state index in [4.69, 9.17) is 24.1 Å². The molecule has 5 aromatic rings. The molecule has 8 rings (SSSR count). The summed E-state index contributed by atoms with van der Waals surface area (Å²) in [6.07, 6.45) is 12.6. The molecular weight excluding hydrogens is 664 g/mol. The Morgan fingerprint density at radius 3 is 2.08 bits per heavy atom. The van der Waals surface area contributed by atoms with Gasteiger partial charge in [0.05, 0.1) is 20.0 Å². The van der Waals surface area contributed by atoms with Crippen molar-refractivity contribution >= 4 is 28.8 Å². The molecule has 1 atom stereocenters. The summed E-state index contributed by atoms with van der Waals surface area (Å²) in [5.74, 6) is 0.692. The van der Waals surface area contributed by atoms with E-state index in [0.29, 0.717) is 5.75 Å². The van der Waals surface area contributed by atoms with Crippen molar-refractivity contribution in [3.05, 3.63) is 131 Å². The van der Waals surface area contributed by atoms with Gasteiger partial charge in [-0.15, -0.1) is 0 Å². The van der Waals surface area contributed by atoms with Crippen LogP contribution in [0, 0.1) is 0 Å². The van der Waals surface area contributed by atoms with E-state index in [0.717, 1.165) is 40.9 Å². The normalized spacial score (nSPS) is 18.2. The Morgan fingerprint density at radius 2 is 1.38 bits per heavy atom. The minimum Gasteiger partial charge on any atom is -0.497 e. The molecular formula is C46H44O7. The third kappa shape index (κ3) is 6.22. The van der Waals surface area contributed by atoms with Gasteiger partial charge in [0.1, 0.15) is 30.5 Å². The highest BCUT2D eigenvalue weighted by Gasteiger charge is 2.48. The SMILES string of the molecule is COc1ccc(C2(c3ccc(OCCOC(=O)CCC(=O)O)cc3)C=Cc3c4c(c5ccccc5c3O2)-c2ccccc2C42CCCCCCC2)cc1. The molecule has 0 saturated heterocycles. The van der Waals surface area contributed by atoms with Crippen LogP contribution in [-0.4, -0.2) is 37.4 Å². The summed E-state index contributed by atoms with van der Waals surface area (Å²) in [5, 5.41) is 11.1. The van der Waals surface area contributed by atoms with E-state index in [2.05, 4.69) is 72.8 Å². The maximum atomic E-state index is 11.8. The first-order valence-corrected chi connectivity index (χ1v) is 18.8. The number of carbonyl (C=O) groups excluding carboxylic acids is 1.